The van der Waals surface area contributed by atoms with E-state index in [1.807, 2.05) is 6.07 Å². The second-order valence-corrected chi connectivity index (χ2v) is 3.75. The van der Waals surface area contributed by atoms with Crippen molar-refractivity contribution in [1.29, 1.82) is 5.26 Å². The molecule has 0 N–H and O–H groups in total. The maximum atomic E-state index is 10.9. The van der Waals surface area contributed by atoms with E-state index in [4.69, 9.17) is 16.9 Å². The summed E-state index contributed by atoms with van der Waals surface area (Å²) in [7, 11) is 0. The minimum Gasteiger partial charge on any atom is -0.276 e. The molecule has 70 valence electrons. The van der Waals surface area contributed by atoms with Crippen LogP contribution in [0.5, 0.6) is 0 Å². The third-order valence-corrected chi connectivity index (χ3v) is 2.82. The van der Waals surface area contributed by atoms with E-state index in [1.165, 1.54) is 0 Å². The monoisotopic (exact) mass is 205 g/mol. The summed E-state index contributed by atoms with van der Waals surface area (Å²) in [6, 6.07) is 7.57. The van der Waals surface area contributed by atoms with Crippen molar-refractivity contribution in [1.82, 2.24) is 0 Å². The molecule has 3 heteroatoms. The van der Waals surface area contributed by atoms with Gasteiger partial charge in [0.05, 0.1) is 12.0 Å². The molecule has 1 aliphatic carbocycles. The average molecular weight is 206 g/mol. The number of nitrogens with zero attached hydrogens (tertiary/aromatic N) is 1. The summed E-state index contributed by atoms with van der Waals surface area (Å²) in [6.45, 7) is 0. The molecule has 0 radical (unpaired) electrons. The molecule has 0 spiro atoms. The molecule has 2 rings (SSSR count). The first-order chi connectivity index (χ1) is 6.72. The number of carbonyl (C=O) groups excluding carboxylic acids is 1. The van der Waals surface area contributed by atoms with Gasteiger partial charge in [0.15, 0.2) is 0 Å². The minimum absolute atomic E-state index is 0.00974. The van der Waals surface area contributed by atoms with Crippen LogP contribution in [0.1, 0.15) is 33.8 Å². The maximum absolute atomic E-state index is 10.9. The number of aryl methyl sites for hydroxylation is 1. The van der Waals surface area contributed by atoms with Crippen LogP contribution in [-0.4, -0.2) is 5.24 Å². The quantitative estimate of drug-likeness (QED) is 0.662. The number of rotatable bonds is 1. The number of carbonyl (C=O) groups is 1. The van der Waals surface area contributed by atoms with Gasteiger partial charge in [0, 0.05) is 5.56 Å². The zero-order valence-corrected chi connectivity index (χ0v) is 8.21. The van der Waals surface area contributed by atoms with Gasteiger partial charge < -0.3 is 0 Å². The van der Waals surface area contributed by atoms with E-state index in [2.05, 4.69) is 6.07 Å². The van der Waals surface area contributed by atoms with Gasteiger partial charge in [-0.05, 0) is 47.7 Å². The summed E-state index contributed by atoms with van der Waals surface area (Å²) < 4.78 is 0. The van der Waals surface area contributed by atoms with Crippen LogP contribution in [0.4, 0.5) is 0 Å². The second kappa shape index (κ2) is 3.43. The molecule has 1 aromatic rings. The third kappa shape index (κ3) is 1.40. The standard InChI is InChI=1S/C11H8ClNO/c12-11(14)8-3-4-10-7(5-8)1-2-9(10)6-13/h3-5,9H,1-2H2. The topological polar surface area (TPSA) is 40.9 Å². The van der Waals surface area contributed by atoms with Crippen molar-refractivity contribution in [2.45, 2.75) is 18.8 Å². The Bertz CT molecular complexity index is 433. The fourth-order valence-corrected chi connectivity index (χ4v) is 1.99. The molecule has 0 bridgehead atoms. The van der Waals surface area contributed by atoms with Crippen molar-refractivity contribution in [3.63, 3.8) is 0 Å². The maximum Gasteiger partial charge on any atom is 0.252 e. The minimum atomic E-state index is -0.437. The SMILES string of the molecule is N#CC1CCc2cc(C(=O)Cl)ccc21. The van der Waals surface area contributed by atoms with Crippen LogP contribution in [0.3, 0.4) is 0 Å². The molecule has 1 aliphatic rings. The van der Waals surface area contributed by atoms with Crippen molar-refractivity contribution >= 4 is 16.8 Å². The molecule has 2 nitrogen and oxygen atoms in total. The molecule has 1 atom stereocenters. The molecule has 0 heterocycles. The largest absolute Gasteiger partial charge is 0.276 e. The number of benzene rings is 1. The normalized spacial score (nSPS) is 18.7. The zero-order chi connectivity index (χ0) is 10.1. The van der Waals surface area contributed by atoms with Crippen LogP contribution in [0.2, 0.25) is 0 Å². The van der Waals surface area contributed by atoms with E-state index in [1.54, 1.807) is 12.1 Å². The van der Waals surface area contributed by atoms with E-state index in [0.717, 1.165) is 24.0 Å². The molecule has 1 unspecified atom stereocenters. The molecule has 0 saturated carbocycles. The van der Waals surface area contributed by atoms with Gasteiger partial charge in [-0.3, -0.25) is 4.79 Å². The van der Waals surface area contributed by atoms with Crippen molar-refractivity contribution in [3.05, 3.63) is 34.9 Å². The van der Waals surface area contributed by atoms with E-state index in [-0.39, 0.29) is 5.92 Å². The lowest BCUT2D eigenvalue weighted by atomic mass is 10.0. The van der Waals surface area contributed by atoms with Gasteiger partial charge in [-0.15, -0.1) is 0 Å². The van der Waals surface area contributed by atoms with Gasteiger partial charge in [-0.25, -0.2) is 0 Å². The van der Waals surface area contributed by atoms with Crippen molar-refractivity contribution in [3.8, 4) is 6.07 Å². The Morgan fingerprint density at radius 1 is 1.57 bits per heavy atom. The van der Waals surface area contributed by atoms with Crippen molar-refractivity contribution < 1.29 is 4.79 Å². The molecule has 0 saturated heterocycles. The summed E-state index contributed by atoms with van der Waals surface area (Å²) in [4.78, 5) is 10.9. The predicted octanol–water partition coefficient (Wildman–Crippen LogP) is 2.62. The lowest BCUT2D eigenvalue weighted by Gasteiger charge is -2.02. The van der Waals surface area contributed by atoms with Gasteiger partial charge >= 0.3 is 0 Å². The van der Waals surface area contributed by atoms with Crippen LogP contribution >= 0.6 is 11.6 Å². The second-order valence-electron chi connectivity index (χ2n) is 3.41. The molecule has 0 aliphatic heterocycles. The zero-order valence-electron chi connectivity index (χ0n) is 7.46. The first kappa shape index (κ1) is 9.23. The summed E-state index contributed by atoms with van der Waals surface area (Å²) in [5.74, 6) is -0.00974. The van der Waals surface area contributed by atoms with Crippen molar-refractivity contribution in [2.24, 2.45) is 0 Å². The first-order valence-corrected chi connectivity index (χ1v) is 4.82. The van der Waals surface area contributed by atoms with Crippen LogP contribution in [0.15, 0.2) is 18.2 Å². The Labute approximate surface area is 87.1 Å². The van der Waals surface area contributed by atoms with Crippen LogP contribution < -0.4 is 0 Å². The number of nitriles is 1. The number of halogens is 1. The van der Waals surface area contributed by atoms with Gasteiger partial charge in [0.25, 0.3) is 5.24 Å². The van der Waals surface area contributed by atoms with Gasteiger partial charge in [0.1, 0.15) is 0 Å². The predicted molar refractivity (Wildman–Crippen MR) is 53.3 cm³/mol. The van der Waals surface area contributed by atoms with Gasteiger partial charge in [-0.2, -0.15) is 5.26 Å². The Kier molecular flexibility index (Phi) is 2.26. The van der Waals surface area contributed by atoms with Crippen LogP contribution in [-0.2, 0) is 6.42 Å². The van der Waals surface area contributed by atoms with E-state index in [9.17, 15) is 4.79 Å². The molecule has 1 aromatic carbocycles. The Hall–Kier alpha value is -1.33. The highest BCUT2D eigenvalue weighted by atomic mass is 35.5. The highest BCUT2D eigenvalue weighted by molar-refractivity contribution is 6.67. The van der Waals surface area contributed by atoms with E-state index in [0.29, 0.717) is 5.56 Å². The molecule has 0 amide bonds. The summed E-state index contributed by atoms with van der Waals surface area (Å²) in [5.41, 5.74) is 2.65. The molecule has 0 aromatic heterocycles. The highest BCUT2D eigenvalue weighted by Crippen LogP contribution is 2.33. The lowest BCUT2D eigenvalue weighted by Crippen LogP contribution is -1.93. The molecular formula is C11H8ClNO. The van der Waals surface area contributed by atoms with Gasteiger partial charge in [-0.1, -0.05) is 6.07 Å². The molecule has 14 heavy (non-hydrogen) atoms. The average Bonchev–Trinajstić information content (AvgIpc) is 2.59. The Morgan fingerprint density at radius 3 is 3.00 bits per heavy atom. The van der Waals surface area contributed by atoms with Crippen LogP contribution in [0.25, 0.3) is 0 Å². The van der Waals surface area contributed by atoms with Crippen LogP contribution in [0, 0.1) is 11.3 Å². The smallest absolute Gasteiger partial charge is 0.252 e. The summed E-state index contributed by atoms with van der Waals surface area (Å²) in [5, 5.41) is 8.41. The fourth-order valence-electron chi connectivity index (χ4n) is 1.87. The lowest BCUT2D eigenvalue weighted by molar-refractivity contribution is 0.108. The molecular weight excluding hydrogens is 198 g/mol. The first-order valence-electron chi connectivity index (χ1n) is 4.44. The van der Waals surface area contributed by atoms with Crippen molar-refractivity contribution in [2.75, 3.05) is 0 Å². The Balaban J connectivity index is 2.45. The van der Waals surface area contributed by atoms with E-state index >= 15 is 0 Å². The summed E-state index contributed by atoms with van der Waals surface area (Å²) >= 11 is 5.37. The van der Waals surface area contributed by atoms with Gasteiger partial charge in [0.2, 0.25) is 0 Å². The molecule has 0 fully saturated rings. The Morgan fingerprint density at radius 2 is 2.36 bits per heavy atom. The number of hydrogen-bond donors (Lipinski definition) is 0. The third-order valence-electron chi connectivity index (χ3n) is 2.60. The number of hydrogen-bond acceptors (Lipinski definition) is 2. The highest BCUT2D eigenvalue weighted by Gasteiger charge is 2.22. The number of fused-ring (bicyclic) bond motifs is 1. The summed E-state index contributed by atoms with van der Waals surface area (Å²) in [6.07, 6.45) is 1.72. The van der Waals surface area contributed by atoms with E-state index < -0.39 is 5.24 Å². The fraction of sp³-hybridized carbons (Fsp3) is 0.273.